The van der Waals surface area contributed by atoms with E-state index in [4.69, 9.17) is 4.74 Å². The Morgan fingerprint density at radius 1 is 0.935 bits per heavy atom. The van der Waals surface area contributed by atoms with Gasteiger partial charge in [-0.25, -0.2) is 8.42 Å². The van der Waals surface area contributed by atoms with Gasteiger partial charge in [-0.1, -0.05) is 48.5 Å². The number of ether oxygens (including phenoxy) is 1. The molecule has 0 radical (unpaired) electrons. The van der Waals surface area contributed by atoms with Crippen LogP contribution < -0.4 is 9.04 Å². The van der Waals surface area contributed by atoms with Crippen molar-refractivity contribution in [2.24, 2.45) is 0 Å². The summed E-state index contributed by atoms with van der Waals surface area (Å²) in [5.74, 6) is 0.206. The molecule has 0 fully saturated rings. The van der Waals surface area contributed by atoms with E-state index in [1.54, 1.807) is 49.2 Å². The van der Waals surface area contributed by atoms with Crippen LogP contribution in [-0.2, 0) is 16.6 Å². The topological polar surface area (TPSA) is 66.9 Å². The van der Waals surface area contributed by atoms with Crippen LogP contribution in [0.3, 0.4) is 0 Å². The molecule has 3 aromatic rings. The first-order chi connectivity index (χ1) is 14.8. The van der Waals surface area contributed by atoms with E-state index in [1.165, 1.54) is 30.6 Å². The van der Waals surface area contributed by atoms with Gasteiger partial charge in [0.1, 0.15) is 5.75 Å². The van der Waals surface area contributed by atoms with Gasteiger partial charge in [0.05, 0.1) is 17.7 Å². The first kappa shape index (κ1) is 22.4. The summed E-state index contributed by atoms with van der Waals surface area (Å²) in [5.41, 5.74) is 2.48. The number of para-hydroxylation sites is 2. The number of nitrogens with zero attached hydrogens (tertiary/aromatic N) is 2. The summed E-state index contributed by atoms with van der Waals surface area (Å²) in [5, 5.41) is 0. The Hall–Kier alpha value is -3.32. The highest BCUT2D eigenvalue weighted by molar-refractivity contribution is 7.92. The van der Waals surface area contributed by atoms with Crippen LogP contribution >= 0.6 is 0 Å². The monoisotopic (exact) mass is 438 g/mol. The van der Waals surface area contributed by atoms with Gasteiger partial charge in [-0.05, 0) is 42.3 Å². The van der Waals surface area contributed by atoms with Crippen molar-refractivity contribution >= 4 is 21.6 Å². The highest BCUT2D eigenvalue weighted by Crippen LogP contribution is 2.31. The van der Waals surface area contributed by atoms with E-state index in [0.29, 0.717) is 29.1 Å². The zero-order valence-corrected chi connectivity index (χ0v) is 18.9. The Balaban J connectivity index is 1.93. The zero-order valence-electron chi connectivity index (χ0n) is 18.1. The van der Waals surface area contributed by atoms with Gasteiger partial charge in [0.15, 0.2) is 0 Å². The molecule has 0 saturated heterocycles. The Bertz CT molecular complexity index is 1180. The maximum atomic E-state index is 13.3. The van der Waals surface area contributed by atoms with Crippen LogP contribution in [-0.4, -0.2) is 40.4 Å². The van der Waals surface area contributed by atoms with Crippen LogP contribution in [0.5, 0.6) is 5.75 Å². The lowest BCUT2D eigenvalue weighted by molar-refractivity contribution is 0.0784. The lowest BCUT2D eigenvalue weighted by Crippen LogP contribution is -2.29. The molecule has 0 aliphatic heterocycles. The molecule has 0 aliphatic rings. The van der Waals surface area contributed by atoms with Gasteiger partial charge in [-0.2, -0.15) is 0 Å². The molecule has 0 atom stereocenters. The van der Waals surface area contributed by atoms with Gasteiger partial charge in [-0.15, -0.1) is 0 Å². The average molecular weight is 439 g/mol. The number of carbonyl (C=O) groups excluding carboxylic acids is 1. The third-order valence-electron chi connectivity index (χ3n) is 5.13. The minimum Gasteiger partial charge on any atom is -0.495 e. The van der Waals surface area contributed by atoms with Crippen LogP contribution in [0.4, 0.5) is 5.69 Å². The van der Waals surface area contributed by atoms with Gasteiger partial charge in [0.25, 0.3) is 15.9 Å². The summed E-state index contributed by atoms with van der Waals surface area (Å²) in [7, 11) is 0.765. The number of anilines is 1. The Kier molecular flexibility index (Phi) is 6.65. The number of carbonyl (C=O) groups is 1. The maximum Gasteiger partial charge on any atom is 0.264 e. The van der Waals surface area contributed by atoms with Crippen LogP contribution in [0.25, 0.3) is 0 Å². The van der Waals surface area contributed by atoms with E-state index < -0.39 is 10.0 Å². The molecule has 0 aliphatic carbocycles. The lowest BCUT2D eigenvalue weighted by Gasteiger charge is -2.23. The van der Waals surface area contributed by atoms with E-state index in [9.17, 15) is 13.2 Å². The van der Waals surface area contributed by atoms with Crippen LogP contribution in [0.1, 0.15) is 21.5 Å². The average Bonchev–Trinajstić information content (AvgIpc) is 2.78. The molecule has 162 valence electrons. The van der Waals surface area contributed by atoms with Gasteiger partial charge in [-0.3, -0.25) is 9.10 Å². The third kappa shape index (κ3) is 4.72. The predicted molar refractivity (Wildman–Crippen MR) is 122 cm³/mol. The molecular weight excluding hydrogens is 412 g/mol. The minimum absolute atomic E-state index is 0.0444. The molecule has 6 nitrogen and oxygen atoms in total. The highest BCUT2D eigenvalue weighted by Gasteiger charge is 2.26. The van der Waals surface area contributed by atoms with E-state index >= 15 is 0 Å². The SMILES string of the molecule is COc1ccccc1N(C)S(=O)(=O)c1ccc(C)c(C(=O)N(C)Cc2ccccc2)c1. The second-order valence-corrected chi connectivity index (χ2v) is 9.24. The van der Waals surface area contributed by atoms with E-state index in [2.05, 4.69) is 0 Å². The zero-order chi connectivity index (χ0) is 22.6. The van der Waals surface area contributed by atoms with Crippen molar-refractivity contribution in [2.45, 2.75) is 18.4 Å². The summed E-state index contributed by atoms with van der Waals surface area (Å²) in [6.45, 7) is 2.22. The van der Waals surface area contributed by atoms with E-state index in [0.717, 1.165) is 5.56 Å². The van der Waals surface area contributed by atoms with Gasteiger partial charge < -0.3 is 9.64 Å². The number of hydrogen-bond donors (Lipinski definition) is 0. The van der Waals surface area contributed by atoms with Crippen molar-refractivity contribution in [1.82, 2.24) is 4.90 Å². The first-order valence-electron chi connectivity index (χ1n) is 9.77. The molecule has 0 aromatic heterocycles. The molecule has 3 aromatic carbocycles. The van der Waals surface area contributed by atoms with Crippen molar-refractivity contribution in [2.75, 3.05) is 25.5 Å². The highest BCUT2D eigenvalue weighted by atomic mass is 32.2. The summed E-state index contributed by atoms with van der Waals surface area (Å²) < 4.78 is 33.1. The maximum absolute atomic E-state index is 13.3. The molecule has 0 unspecified atom stereocenters. The summed E-state index contributed by atoms with van der Waals surface area (Å²) in [6, 6.07) is 21.1. The molecular formula is C24H26N2O4S. The van der Waals surface area contributed by atoms with Crippen LogP contribution in [0.2, 0.25) is 0 Å². The molecule has 31 heavy (non-hydrogen) atoms. The molecule has 0 heterocycles. The molecule has 3 rings (SSSR count). The normalized spacial score (nSPS) is 11.1. The van der Waals surface area contributed by atoms with E-state index in [1.807, 2.05) is 30.3 Å². The van der Waals surface area contributed by atoms with Crippen molar-refractivity contribution in [1.29, 1.82) is 0 Å². The number of benzene rings is 3. The second-order valence-electron chi connectivity index (χ2n) is 7.27. The second kappa shape index (κ2) is 9.22. The lowest BCUT2D eigenvalue weighted by atomic mass is 10.1. The number of rotatable bonds is 7. The number of sulfonamides is 1. The van der Waals surface area contributed by atoms with Crippen LogP contribution in [0.15, 0.2) is 77.7 Å². The fraction of sp³-hybridized carbons (Fsp3) is 0.208. The number of amides is 1. The molecule has 0 spiro atoms. The van der Waals surface area contributed by atoms with Gasteiger partial charge in [0, 0.05) is 26.2 Å². The Labute approximate surface area is 183 Å². The molecule has 1 amide bonds. The predicted octanol–water partition coefficient (Wildman–Crippen LogP) is 4.10. The quantitative estimate of drug-likeness (QED) is 0.557. The van der Waals surface area contributed by atoms with Crippen molar-refractivity contribution < 1.29 is 17.9 Å². The van der Waals surface area contributed by atoms with Gasteiger partial charge in [0.2, 0.25) is 0 Å². The third-order valence-corrected chi connectivity index (χ3v) is 6.90. The van der Waals surface area contributed by atoms with Crippen molar-refractivity contribution in [3.8, 4) is 5.75 Å². The van der Waals surface area contributed by atoms with Crippen LogP contribution in [0, 0.1) is 6.92 Å². The van der Waals surface area contributed by atoms with Gasteiger partial charge >= 0.3 is 0 Å². The van der Waals surface area contributed by atoms with Crippen molar-refractivity contribution in [3.05, 3.63) is 89.5 Å². The van der Waals surface area contributed by atoms with E-state index in [-0.39, 0.29) is 10.8 Å². The minimum atomic E-state index is -3.90. The van der Waals surface area contributed by atoms with Crippen molar-refractivity contribution in [3.63, 3.8) is 0 Å². The summed E-state index contributed by atoms with van der Waals surface area (Å²) in [4.78, 5) is 14.7. The number of methoxy groups -OCH3 is 1. The molecule has 0 bridgehead atoms. The Morgan fingerprint density at radius 2 is 1.58 bits per heavy atom. The number of hydrogen-bond acceptors (Lipinski definition) is 4. The first-order valence-corrected chi connectivity index (χ1v) is 11.2. The Morgan fingerprint density at radius 3 is 2.26 bits per heavy atom. The molecule has 0 N–H and O–H groups in total. The summed E-state index contributed by atoms with van der Waals surface area (Å²) >= 11 is 0. The smallest absolute Gasteiger partial charge is 0.264 e. The number of aryl methyl sites for hydroxylation is 1. The molecule has 7 heteroatoms. The fourth-order valence-corrected chi connectivity index (χ4v) is 4.54. The fourth-order valence-electron chi connectivity index (χ4n) is 3.30. The largest absolute Gasteiger partial charge is 0.495 e. The molecule has 0 saturated carbocycles. The summed E-state index contributed by atoms with van der Waals surface area (Å²) in [6.07, 6.45) is 0. The standard InChI is InChI=1S/C24H26N2O4S/c1-18-14-15-20(31(28,29)26(3)22-12-8-9-13-23(22)30-4)16-21(18)24(27)25(2)17-19-10-6-5-7-11-19/h5-16H,17H2,1-4H3.